The number of amides is 1. The second-order valence-corrected chi connectivity index (χ2v) is 11.7. The van der Waals surface area contributed by atoms with Gasteiger partial charge in [-0.3, -0.25) is 24.7 Å². The van der Waals surface area contributed by atoms with Crippen LogP contribution >= 0.6 is 23.4 Å². The normalized spacial score (nSPS) is 19.2. The molecule has 2 aliphatic heterocycles. The number of carbonyl (C=O) groups excluding carboxylic acids is 2. The van der Waals surface area contributed by atoms with E-state index >= 15 is 0 Å². The predicted octanol–water partition coefficient (Wildman–Crippen LogP) is 2.69. The van der Waals surface area contributed by atoms with Gasteiger partial charge >= 0.3 is 5.97 Å². The van der Waals surface area contributed by atoms with Crippen LogP contribution in [-0.4, -0.2) is 98.7 Å². The smallest absolute Gasteiger partial charge is 0.321 e. The maximum Gasteiger partial charge on any atom is 0.321 e. The van der Waals surface area contributed by atoms with Crippen molar-refractivity contribution in [3.63, 3.8) is 0 Å². The fraction of sp³-hybridized carbons (Fsp3) is 0.379. The van der Waals surface area contributed by atoms with Crippen LogP contribution in [0.25, 0.3) is 0 Å². The van der Waals surface area contributed by atoms with Crippen LogP contribution in [0.1, 0.15) is 46.1 Å². The van der Waals surface area contributed by atoms with E-state index in [0.29, 0.717) is 62.2 Å². The molecule has 3 aromatic rings. The fourth-order valence-electron chi connectivity index (χ4n) is 5.30. The molecule has 14 heteroatoms. The Kier molecular flexibility index (Phi) is 9.76. The summed E-state index contributed by atoms with van der Waals surface area (Å²) in [4.78, 5) is 47.4. The molecule has 0 saturated carbocycles. The van der Waals surface area contributed by atoms with Crippen LogP contribution in [0.5, 0.6) is 0 Å². The Labute approximate surface area is 257 Å². The van der Waals surface area contributed by atoms with Crippen molar-refractivity contribution in [1.82, 2.24) is 24.6 Å². The van der Waals surface area contributed by atoms with Crippen molar-refractivity contribution < 1.29 is 24.2 Å². The van der Waals surface area contributed by atoms with Gasteiger partial charge < -0.3 is 20.5 Å². The summed E-state index contributed by atoms with van der Waals surface area (Å²) in [7, 11) is 0. The molecule has 0 spiro atoms. The number of benzene rings is 2. The topological polar surface area (TPSA) is 168 Å². The van der Waals surface area contributed by atoms with Gasteiger partial charge in [0.05, 0.1) is 30.3 Å². The number of piperidine rings is 1. The van der Waals surface area contributed by atoms with Crippen LogP contribution in [-0.2, 0) is 20.1 Å². The van der Waals surface area contributed by atoms with Gasteiger partial charge in [0.1, 0.15) is 11.9 Å². The van der Waals surface area contributed by atoms with E-state index in [0.717, 1.165) is 5.56 Å². The third-order valence-corrected chi connectivity index (χ3v) is 8.87. The number of likely N-dealkylation sites (tertiary alicyclic amines) is 1. The molecule has 2 atom stereocenters. The Morgan fingerprint density at radius 2 is 1.81 bits per heavy atom. The number of hydrogen-bond donors (Lipinski definition) is 3. The number of hydrogen-bond acceptors (Lipinski definition) is 9. The van der Waals surface area contributed by atoms with E-state index in [1.165, 1.54) is 16.4 Å². The molecule has 4 N–H and O–H groups in total. The van der Waals surface area contributed by atoms with Crippen LogP contribution in [0.2, 0.25) is 5.02 Å². The molecule has 5 rings (SSSR count). The first-order valence-electron chi connectivity index (χ1n) is 13.9. The summed E-state index contributed by atoms with van der Waals surface area (Å²) < 4.78 is 6.52. The Morgan fingerprint density at radius 1 is 1.09 bits per heavy atom. The molecular formula is C29H32ClN7O5S. The lowest BCUT2D eigenvalue weighted by atomic mass is 9.88. The molecule has 2 aliphatic rings. The number of rotatable bonds is 9. The third kappa shape index (κ3) is 7.07. The largest absolute Gasteiger partial charge is 0.480 e. The Morgan fingerprint density at radius 3 is 2.49 bits per heavy atom. The molecule has 2 fully saturated rings. The molecule has 2 unspecified atom stereocenters. The number of nitrogens with zero attached hydrogens (tertiary/aromatic N) is 5. The number of nitrogen functional groups attached to an aromatic ring is 1. The van der Waals surface area contributed by atoms with Gasteiger partial charge in [-0.25, -0.2) is 4.98 Å². The maximum absolute atomic E-state index is 13.7. The highest BCUT2D eigenvalue weighted by molar-refractivity contribution is 7.98. The number of amidine groups is 1. The summed E-state index contributed by atoms with van der Waals surface area (Å²) in [5, 5.41) is 23.0. The van der Waals surface area contributed by atoms with Crippen molar-refractivity contribution in [1.29, 1.82) is 5.41 Å². The number of carbonyl (C=O) groups is 3. The molecule has 2 saturated heterocycles. The van der Waals surface area contributed by atoms with Gasteiger partial charge in [-0.1, -0.05) is 59.8 Å². The van der Waals surface area contributed by atoms with Crippen molar-refractivity contribution in [2.45, 2.75) is 35.7 Å². The third-order valence-electron chi connectivity index (χ3n) is 7.55. The molecule has 0 bridgehead atoms. The molecule has 3 heterocycles. The first kappa shape index (κ1) is 30.7. The van der Waals surface area contributed by atoms with Crippen LogP contribution in [0.3, 0.4) is 0 Å². The highest BCUT2D eigenvalue weighted by Gasteiger charge is 2.41. The molecule has 2 aromatic carbocycles. The number of carboxylic acid groups (broad SMARTS) is 1. The molecule has 0 radical (unpaired) electrons. The molecule has 43 heavy (non-hydrogen) atoms. The number of aliphatic carboxylic acids is 1. The van der Waals surface area contributed by atoms with Crippen LogP contribution in [0.4, 0.5) is 0 Å². The number of aromatic nitrogens is 3. The van der Waals surface area contributed by atoms with E-state index in [9.17, 15) is 19.5 Å². The maximum atomic E-state index is 13.7. The van der Waals surface area contributed by atoms with E-state index in [1.807, 2.05) is 12.1 Å². The monoisotopic (exact) mass is 625 g/mol. The van der Waals surface area contributed by atoms with E-state index in [2.05, 4.69) is 5.10 Å². The molecule has 1 aromatic heterocycles. The minimum Gasteiger partial charge on any atom is -0.480 e. The van der Waals surface area contributed by atoms with Gasteiger partial charge in [-0.15, -0.1) is 5.10 Å². The Balaban J connectivity index is 1.44. The van der Waals surface area contributed by atoms with Crippen molar-refractivity contribution in [3.05, 3.63) is 76.1 Å². The minimum atomic E-state index is -1.08. The van der Waals surface area contributed by atoms with Gasteiger partial charge in [0.2, 0.25) is 5.91 Å². The van der Waals surface area contributed by atoms with Crippen LogP contribution in [0.15, 0.2) is 53.7 Å². The zero-order valence-corrected chi connectivity index (χ0v) is 24.9. The lowest BCUT2D eigenvalue weighted by Crippen LogP contribution is -2.54. The lowest BCUT2D eigenvalue weighted by molar-refractivity contribution is -0.148. The standard InChI is InChI=1S/C29H32ClN7O5S/c30-22-6-2-1-4-20(22)27(39)37-29(43-17-18-7-9-19(10-8-18)25(31)32)33-26(34-37)21-5-3-11-36(24(21)28(40)41)16-23(38)35-12-14-42-15-13-35/h1-2,4,6-10,21,24H,3,5,11-17H2,(H3,31,32)(H,40,41). The van der Waals surface area contributed by atoms with E-state index < -0.39 is 23.8 Å². The summed E-state index contributed by atoms with van der Waals surface area (Å²) in [5.74, 6) is -1.72. The van der Waals surface area contributed by atoms with Crippen molar-refractivity contribution in [3.8, 4) is 0 Å². The van der Waals surface area contributed by atoms with E-state index in [4.69, 9.17) is 32.5 Å². The highest BCUT2D eigenvalue weighted by Crippen LogP contribution is 2.34. The number of nitrogens with two attached hydrogens (primary N) is 1. The van der Waals surface area contributed by atoms with Gasteiger partial charge in [0.25, 0.3) is 5.91 Å². The molecule has 226 valence electrons. The quantitative estimate of drug-likeness (QED) is 0.183. The summed E-state index contributed by atoms with van der Waals surface area (Å²) in [6.07, 6.45) is 1.13. The summed E-state index contributed by atoms with van der Waals surface area (Å²) in [6.45, 7) is 2.27. The Hall–Kier alpha value is -3.78. The number of morpholine rings is 1. The molecule has 0 aliphatic carbocycles. The second kappa shape index (κ2) is 13.7. The van der Waals surface area contributed by atoms with Crippen molar-refractivity contribution in [2.75, 3.05) is 39.4 Å². The number of halogens is 1. The fourth-order valence-corrected chi connectivity index (χ4v) is 6.41. The first-order chi connectivity index (χ1) is 20.7. The summed E-state index contributed by atoms with van der Waals surface area (Å²) >= 11 is 7.62. The number of thioether (sulfide) groups is 1. The number of nitrogens with one attached hydrogen (secondary N) is 1. The number of carboxylic acids is 1. The number of ether oxygens (including phenoxy) is 1. The highest BCUT2D eigenvalue weighted by atomic mass is 35.5. The minimum absolute atomic E-state index is 0.0323. The van der Waals surface area contributed by atoms with Crippen LogP contribution in [0, 0.1) is 5.41 Å². The van der Waals surface area contributed by atoms with Gasteiger partial charge in [0.15, 0.2) is 11.0 Å². The van der Waals surface area contributed by atoms with E-state index in [-0.39, 0.29) is 34.7 Å². The second-order valence-electron chi connectivity index (χ2n) is 10.3. The average molecular weight is 626 g/mol. The van der Waals surface area contributed by atoms with Gasteiger partial charge in [-0.05, 0) is 37.1 Å². The van der Waals surface area contributed by atoms with Gasteiger partial charge in [-0.2, -0.15) is 4.68 Å². The molecular weight excluding hydrogens is 594 g/mol. The van der Waals surface area contributed by atoms with Crippen molar-refractivity contribution in [2.24, 2.45) is 5.73 Å². The average Bonchev–Trinajstić information content (AvgIpc) is 3.44. The van der Waals surface area contributed by atoms with Crippen LogP contribution < -0.4 is 5.73 Å². The molecule has 1 amide bonds. The Bertz CT molecular complexity index is 1510. The zero-order valence-electron chi connectivity index (χ0n) is 23.3. The first-order valence-corrected chi connectivity index (χ1v) is 15.2. The molecule has 12 nitrogen and oxygen atoms in total. The lowest BCUT2D eigenvalue weighted by Gasteiger charge is -2.38. The van der Waals surface area contributed by atoms with E-state index in [1.54, 1.807) is 46.2 Å². The summed E-state index contributed by atoms with van der Waals surface area (Å²) in [5.41, 5.74) is 7.31. The zero-order chi connectivity index (χ0) is 30.5. The predicted molar refractivity (Wildman–Crippen MR) is 161 cm³/mol. The van der Waals surface area contributed by atoms with Gasteiger partial charge in [0, 0.05) is 30.3 Å². The van der Waals surface area contributed by atoms with Crippen molar-refractivity contribution >= 4 is 47.0 Å². The summed E-state index contributed by atoms with van der Waals surface area (Å²) in [6, 6.07) is 12.8. The SMILES string of the molecule is N=C(N)c1ccc(CSc2nc(C3CCCN(CC(=O)N4CCOCC4)C3C(=O)O)nn2C(=O)c2ccccc2Cl)cc1.